The van der Waals surface area contributed by atoms with Gasteiger partial charge in [0.05, 0.1) is 31.5 Å². The number of unbranched alkanes of at least 4 members (excludes halogenated alkanes) is 1. The van der Waals surface area contributed by atoms with Crippen LogP contribution in [-0.2, 0) is 9.53 Å². The molecule has 0 fully saturated rings. The molecule has 158 valence electrons. The molecule has 2 aromatic carbocycles. The molecule has 0 aliphatic carbocycles. The first kappa shape index (κ1) is 21.4. The molecule has 0 aromatic heterocycles. The highest BCUT2D eigenvalue weighted by Gasteiger charge is 2.23. The van der Waals surface area contributed by atoms with Crippen molar-refractivity contribution in [3.05, 3.63) is 59.7 Å². The molecule has 0 atom stereocenters. The normalized spacial score (nSPS) is 13.0. The minimum atomic E-state index is -0.604. The summed E-state index contributed by atoms with van der Waals surface area (Å²) in [5.41, 5.74) is 2.12. The van der Waals surface area contributed by atoms with Crippen LogP contribution in [0.15, 0.2) is 53.6 Å². The lowest BCUT2D eigenvalue weighted by molar-refractivity contribution is -0.134. The van der Waals surface area contributed by atoms with Crippen molar-refractivity contribution in [1.82, 2.24) is 5.01 Å². The van der Waals surface area contributed by atoms with Gasteiger partial charge in [-0.25, -0.2) is 9.80 Å². The lowest BCUT2D eigenvalue weighted by Gasteiger charge is -2.13. The number of benzene rings is 2. The Morgan fingerprint density at radius 1 is 1.10 bits per heavy atom. The summed E-state index contributed by atoms with van der Waals surface area (Å²) < 4.78 is 16.2. The zero-order valence-corrected chi connectivity index (χ0v) is 17.3. The number of hydrazone groups is 1. The van der Waals surface area contributed by atoms with Gasteiger partial charge in [-0.3, -0.25) is 4.79 Å². The number of esters is 1. The average Bonchev–Trinajstić information content (AvgIpc) is 3.28. The van der Waals surface area contributed by atoms with Crippen molar-refractivity contribution in [1.29, 1.82) is 0 Å². The maximum Gasteiger partial charge on any atom is 0.338 e. The van der Waals surface area contributed by atoms with Crippen LogP contribution in [-0.4, -0.2) is 49.5 Å². The molecule has 0 saturated heterocycles. The molecular weight excluding hydrogens is 384 g/mol. The molecule has 1 aliphatic heterocycles. The van der Waals surface area contributed by atoms with Crippen LogP contribution in [0, 0.1) is 0 Å². The third kappa shape index (κ3) is 5.37. The quantitative estimate of drug-likeness (QED) is 0.466. The van der Waals surface area contributed by atoms with Crippen LogP contribution < -0.4 is 9.47 Å². The monoisotopic (exact) mass is 410 g/mol. The molecule has 7 heteroatoms. The Morgan fingerprint density at radius 2 is 1.90 bits per heavy atom. The van der Waals surface area contributed by atoms with E-state index >= 15 is 0 Å². The summed E-state index contributed by atoms with van der Waals surface area (Å²) in [5.74, 6) is 0.0518. The third-order valence-corrected chi connectivity index (χ3v) is 4.68. The molecule has 0 bridgehead atoms. The summed E-state index contributed by atoms with van der Waals surface area (Å²) in [7, 11) is 1.51. The Labute approximate surface area is 176 Å². The van der Waals surface area contributed by atoms with Gasteiger partial charge in [0.1, 0.15) is 0 Å². The summed E-state index contributed by atoms with van der Waals surface area (Å²) in [6, 6.07) is 14.5. The number of ether oxygens (including phenoxy) is 3. The SMILES string of the molecule is CCCCOc1ccc(C(=O)OCC(=O)N2CCC(c3ccccc3)=N2)cc1OC. The highest BCUT2D eigenvalue weighted by atomic mass is 16.5. The molecule has 3 rings (SSSR count). The van der Waals surface area contributed by atoms with E-state index in [-0.39, 0.29) is 18.1 Å². The molecule has 1 amide bonds. The number of carbonyl (C=O) groups excluding carboxylic acids is 2. The predicted molar refractivity (Wildman–Crippen MR) is 113 cm³/mol. The summed E-state index contributed by atoms with van der Waals surface area (Å²) in [5, 5.41) is 5.70. The van der Waals surface area contributed by atoms with Crippen LogP contribution in [0.25, 0.3) is 0 Å². The summed E-state index contributed by atoms with van der Waals surface area (Å²) >= 11 is 0. The van der Waals surface area contributed by atoms with E-state index in [1.165, 1.54) is 12.1 Å². The molecule has 0 saturated carbocycles. The fourth-order valence-corrected chi connectivity index (χ4v) is 3.00. The lowest BCUT2D eigenvalue weighted by atomic mass is 10.1. The van der Waals surface area contributed by atoms with Gasteiger partial charge in [-0.1, -0.05) is 43.7 Å². The first-order valence-electron chi connectivity index (χ1n) is 10.0. The van der Waals surface area contributed by atoms with Gasteiger partial charge in [-0.2, -0.15) is 5.10 Å². The number of nitrogens with zero attached hydrogens (tertiary/aromatic N) is 2. The third-order valence-electron chi connectivity index (χ3n) is 4.68. The van der Waals surface area contributed by atoms with E-state index in [1.807, 2.05) is 30.3 Å². The second-order valence-corrected chi connectivity index (χ2v) is 6.82. The number of amides is 1. The molecule has 0 N–H and O–H groups in total. The number of rotatable bonds is 9. The van der Waals surface area contributed by atoms with Crippen molar-refractivity contribution in [2.45, 2.75) is 26.2 Å². The topological polar surface area (TPSA) is 77.4 Å². The zero-order valence-electron chi connectivity index (χ0n) is 17.3. The van der Waals surface area contributed by atoms with Gasteiger partial charge in [0.2, 0.25) is 0 Å². The van der Waals surface area contributed by atoms with E-state index < -0.39 is 5.97 Å². The Balaban J connectivity index is 1.56. The van der Waals surface area contributed by atoms with E-state index in [0.29, 0.717) is 31.1 Å². The fourth-order valence-electron chi connectivity index (χ4n) is 3.00. The molecule has 0 radical (unpaired) electrons. The van der Waals surface area contributed by atoms with E-state index in [2.05, 4.69) is 12.0 Å². The second-order valence-electron chi connectivity index (χ2n) is 6.82. The van der Waals surface area contributed by atoms with Gasteiger partial charge >= 0.3 is 5.97 Å². The zero-order chi connectivity index (χ0) is 21.3. The molecule has 2 aromatic rings. The van der Waals surface area contributed by atoms with Crippen LogP contribution in [0.2, 0.25) is 0 Å². The second kappa shape index (κ2) is 10.4. The van der Waals surface area contributed by atoms with Crippen molar-refractivity contribution in [2.75, 3.05) is 26.9 Å². The first-order valence-corrected chi connectivity index (χ1v) is 10.0. The van der Waals surface area contributed by atoms with Crippen molar-refractivity contribution in [3.8, 4) is 11.5 Å². The van der Waals surface area contributed by atoms with Crippen molar-refractivity contribution >= 4 is 17.6 Å². The maximum atomic E-state index is 12.4. The van der Waals surface area contributed by atoms with Gasteiger partial charge in [-0.15, -0.1) is 0 Å². The van der Waals surface area contributed by atoms with Crippen LogP contribution >= 0.6 is 0 Å². The fraction of sp³-hybridized carbons (Fsp3) is 0.348. The average molecular weight is 410 g/mol. The van der Waals surface area contributed by atoms with E-state index in [4.69, 9.17) is 14.2 Å². The van der Waals surface area contributed by atoms with E-state index in [9.17, 15) is 9.59 Å². The molecule has 7 nitrogen and oxygen atoms in total. The lowest BCUT2D eigenvalue weighted by Crippen LogP contribution is -2.28. The van der Waals surface area contributed by atoms with Crippen LogP contribution in [0.1, 0.15) is 42.1 Å². The number of carbonyl (C=O) groups is 2. The predicted octanol–water partition coefficient (Wildman–Crippen LogP) is 3.67. The Hall–Kier alpha value is -3.35. The smallest absolute Gasteiger partial charge is 0.338 e. The highest BCUT2D eigenvalue weighted by molar-refractivity contribution is 6.02. The largest absolute Gasteiger partial charge is 0.493 e. The number of methoxy groups -OCH3 is 1. The van der Waals surface area contributed by atoms with Gasteiger partial charge < -0.3 is 14.2 Å². The molecule has 30 heavy (non-hydrogen) atoms. The maximum absolute atomic E-state index is 12.4. The molecule has 0 spiro atoms. The molecule has 1 heterocycles. The summed E-state index contributed by atoms with van der Waals surface area (Å²) in [4.78, 5) is 24.7. The van der Waals surface area contributed by atoms with Gasteiger partial charge in [0.15, 0.2) is 18.1 Å². The standard InChI is InChI=1S/C23H26N2O5/c1-3-4-14-29-20-11-10-18(15-21(20)28-2)23(27)30-16-22(26)25-13-12-19(24-25)17-8-6-5-7-9-17/h5-11,15H,3-4,12-14,16H2,1-2H3. The Bertz CT molecular complexity index is 911. The Morgan fingerprint density at radius 3 is 2.63 bits per heavy atom. The molecular formula is C23H26N2O5. The minimum Gasteiger partial charge on any atom is -0.493 e. The van der Waals surface area contributed by atoms with Crippen molar-refractivity contribution < 1.29 is 23.8 Å². The first-order chi connectivity index (χ1) is 14.6. The number of hydrogen-bond donors (Lipinski definition) is 0. The number of hydrogen-bond acceptors (Lipinski definition) is 6. The molecule has 1 aliphatic rings. The van der Waals surface area contributed by atoms with Gasteiger partial charge in [-0.05, 0) is 30.2 Å². The summed E-state index contributed by atoms with van der Waals surface area (Å²) in [6.07, 6.45) is 2.62. The van der Waals surface area contributed by atoms with Gasteiger partial charge in [0.25, 0.3) is 5.91 Å². The van der Waals surface area contributed by atoms with Crippen molar-refractivity contribution in [3.63, 3.8) is 0 Å². The molecule has 0 unspecified atom stereocenters. The van der Waals surface area contributed by atoms with Crippen molar-refractivity contribution in [2.24, 2.45) is 5.10 Å². The van der Waals surface area contributed by atoms with Crippen LogP contribution in [0.3, 0.4) is 0 Å². The minimum absolute atomic E-state index is 0.289. The van der Waals surface area contributed by atoms with Crippen LogP contribution in [0.4, 0.5) is 0 Å². The van der Waals surface area contributed by atoms with E-state index in [1.54, 1.807) is 18.2 Å². The van der Waals surface area contributed by atoms with E-state index in [0.717, 1.165) is 24.1 Å². The Kier molecular flexibility index (Phi) is 7.43. The van der Waals surface area contributed by atoms with Gasteiger partial charge in [0, 0.05) is 6.42 Å². The summed E-state index contributed by atoms with van der Waals surface area (Å²) in [6.45, 7) is 2.75. The highest BCUT2D eigenvalue weighted by Crippen LogP contribution is 2.28. The van der Waals surface area contributed by atoms with Crippen LogP contribution in [0.5, 0.6) is 11.5 Å².